The Hall–Kier alpha value is -2.16. The van der Waals surface area contributed by atoms with Crippen molar-refractivity contribution < 1.29 is 0 Å². The number of hydrogen-bond acceptors (Lipinski definition) is 3. The molecular formula is C17H21N3. The predicted molar refractivity (Wildman–Crippen MR) is 85.2 cm³/mol. The molecule has 104 valence electrons. The smallest absolute Gasteiger partial charge is 0.0649 e. The van der Waals surface area contributed by atoms with Gasteiger partial charge in [0.05, 0.1) is 11.4 Å². The molecule has 0 spiro atoms. The minimum Gasteiger partial charge on any atom is -0.278 e. The van der Waals surface area contributed by atoms with Crippen molar-refractivity contribution in [3.63, 3.8) is 0 Å². The molecule has 0 amide bonds. The van der Waals surface area contributed by atoms with E-state index in [2.05, 4.69) is 60.5 Å². The average molecular weight is 267 g/mol. The van der Waals surface area contributed by atoms with Crippen molar-refractivity contribution in [3.05, 3.63) is 59.9 Å². The van der Waals surface area contributed by atoms with Crippen LogP contribution in [0.3, 0.4) is 0 Å². The first kappa shape index (κ1) is 14.3. The molecule has 3 heteroatoms. The Labute approximate surface area is 120 Å². The van der Waals surface area contributed by atoms with Crippen LogP contribution in [-0.2, 0) is 5.41 Å². The van der Waals surface area contributed by atoms with Crippen LogP contribution in [0, 0.1) is 0 Å². The van der Waals surface area contributed by atoms with E-state index in [0.29, 0.717) is 0 Å². The summed E-state index contributed by atoms with van der Waals surface area (Å²) in [5.41, 5.74) is 7.58. The van der Waals surface area contributed by atoms with Crippen molar-refractivity contribution >= 4 is 11.4 Å². The van der Waals surface area contributed by atoms with E-state index in [1.165, 1.54) is 5.56 Å². The van der Waals surface area contributed by atoms with Crippen LogP contribution < -0.4 is 5.43 Å². The third-order valence-electron chi connectivity index (χ3n) is 3.20. The van der Waals surface area contributed by atoms with Crippen molar-refractivity contribution in [3.8, 4) is 0 Å². The van der Waals surface area contributed by atoms with Crippen molar-refractivity contribution in [2.75, 3.05) is 5.43 Å². The molecule has 2 rings (SSSR count). The van der Waals surface area contributed by atoms with Crippen LogP contribution in [0.2, 0.25) is 0 Å². The van der Waals surface area contributed by atoms with Gasteiger partial charge in [-0.25, -0.2) is 0 Å². The number of aromatic nitrogens is 1. The van der Waals surface area contributed by atoms with E-state index in [-0.39, 0.29) is 5.41 Å². The molecule has 3 nitrogen and oxygen atoms in total. The first-order valence-electron chi connectivity index (χ1n) is 6.78. The highest BCUT2D eigenvalue weighted by Gasteiger charge is 2.12. The predicted octanol–water partition coefficient (Wildman–Crippen LogP) is 4.22. The summed E-state index contributed by atoms with van der Waals surface area (Å²) in [4.78, 5) is 4.00. The molecular weight excluding hydrogens is 246 g/mol. The molecule has 20 heavy (non-hydrogen) atoms. The van der Waals surface area contributed by atoms with Gasteiger partial charge in [-0.15, -0.1) is 0 Å². The molecule has 2 aromatic rings. The minimum atomic E-state index is 0.175. The number of anilines is 1. The number of rotatable bonds is 3. The number of hydrogen-bond donors (Lipinski definition) is 1. The maximum absolute atomic E-state index is 4.40. The summed E-state index contributed by atoms with van der Waals surface area (Å²) in [6.45, 7) is 8.61. The molecule has 0 saturated carbocycles. The highest BCUT2D eigenvalue weighted by atomic mass is 15.3. The summed E-state index contributed by atoms with van der Waals surface area (Å²) in [6.07, 6.45) is 3.54. The lowest BCUT2D eigenvalue weighted by Crippen LogP contribution is -2.10. The average Bonchev–Trinajstić information content (AvgIpc) is 2.45. The van der Waals surface area contributed by atoms with Gasteiger partial charge in [0.2, 0.25) is 0 Å². The Morgan fingerprint density at radius 1 is 1.00 bits per heavy atom. The molecule has 1 aromatic carbocycles. The van der Waals surface area contributed by atoms with Crippen LogP contribution in [0.1, 0.15) is 38.8 Å². The van der Waals surface area contributed by atoms with E-state index < -0.39 is 0 Å². The zero-order valence-corrected chi connectivity index (χ0v) is 12.5. The lowest BCUT2D eigenvalue weighted by molar-refractivity contribution is 0.590. The maximum atomic E-state index is 4.40. The Balaban J connectivity index is 2.08. The van der Waals surface area contributed by atoms with Crippen LogP contribution >= 0.6 is 0 Å². The molecule has 0 unspecified atom stereocenters. The second-order valence-corrected chi connectivity index (χ2v) is 5.87. The topological polar surface area (TPSA) is 37.3 Å². The molecule has 0 bridgehead atoms. The third-order valence-corrected chi connectivity index (χ3v) is 3.20. The fraction of sp³-hybridized carbons (Fsp3) is 0.294. The largest absolute Gasteiger partial charge is 0.278 e. The standard InChI is InChI=1S/C17H21N3/c1-13(14-9-11-18-12-10-14)19-20-16-7-5-15(6-8-16)17(2,3)4/h5-12,20H,1-4H3/b19-13-. The van der Waals surface area contributed by atoms with Gasteiger partial charge < -0.3 is 0 Å². The van der Waals surface area contributed by atoms with Crippen LogP contribution in [0.5, 0.6) is 0 Å². The van der Waals surface area contributed by atoms with E-state index in [1.807, 2.05) is 19.1 Å². The highest BCUT2D eigenvalue weighted by molar-refractivity contribution is 5.98. The Morgan fingerprint density at radius 3 is 2.15 bits per heavy atom. The summed E-state index contributed by atoms with van der Waals surface area (Å²) in [5.74, 6) is 0. The van der Waals surface area contributed by atoms with Gasteiger partial charge in [0.15, 0.2) is 0 Å². The molecule has 0 aliphatic rings. The Bertz CT molecular complexity index is 578. The Kier molecular flexibility index (Phi) is 4.18. The van der Waals surface area contributed by atoms with E-state index in [9.17, 15) is 0 Å². The lowest BCUT2D eigenvalue weighted by Gasteiger charge is -2.19. The normalized spacial score (nSPS) is 12.3. The fourth-order valence-corrected chi connectivity index (χ4v) is 1.85. The van der Waals surface area contributed by atoms with Gasteiger partial charge in [-0.05, 0) is 42.2 Å². The quantitative estimate of drug-likeness (QED) is 0.668. The summed E-state index contributed by atoms with van der Waals surface area (Å²) in [5, 5.41) is 4.40. The number of nitrogens with zero attached hydrogens (tertiary/aromatic N) is 2. The summed E-state index contributed by atoms with van der Waals surface area (Å²) in [7, 11) is 0. The van der Waals surface area contributed by atoms with Crippen molar-refractivity contribution in [2.24, 2.45) is 5.10 Å². The molecule has 0 aliphatic carbocycles. The second-order valence-electron chi connectivity index (χ2n) is 5.87. The van der Waals surface area contributed by atoms with Crippen molar-refractivity contribution in [2.45, 2.75) is 33.1 Å². The maximum Gasteiger partial charge on any atom is 0.0649 e. The van der Waals surface area contributed by atoms with E-state index in [1.54, 1.807) is 12.4 Å². The summed E-state index contributed by atoms with van der Waals surface area (Å²) < 4.78 is 0. The van der Waals surface area contributed by atoms with Crippen molar-refractivity contribution in [1.82, 2.24) is 4.98 Å². The van der Waals surface area contributed by atoms with Crippen LogP contribution in [0.25, 0.3) is 0 Å². The molecule has 0 fully saturated rings. The van der Waals surface area contributed by atoms with Crippen LogP contribution in [-0.4, -0.2) is 10.7 Å². The van der Waals surface area contributed by atoms with Gasteiger partial charge >= 0.3 is 0 Å². The van der Waals surface area contributed by atoms with Crippen molar-refractivity contribution in [1.29, 1.82) is 0 Å². The summed E-state index contributed by atoms with van der Waals surface area (Å²) >= 11 is 0. The zero-order valence-electron chi connectivity index (χ0n) is 12.5. The third kappa shape index (κ3) is 3.67. The van der Waals surface area contributed by atoms with Crippen LogP contribution in [0.15, 0.2) is 53.9 Å². The number of hydrazone groups is 1. The first-order valence-corrected chi connectivity index (χ1v) is 6.78. The first-order chi connectivity index (χ1) is 9.47. The molecule has 0 aliphatic heterocycles. The van der Waals surface area contributed by atoms with Gasteiger partial charge in [-0.3, -0.25) is 10.4 Å². The molecule has 1 heterocycles. The van der Waals surface area contributed by atoms with E-state index in [0.717, 1.165) is 17.0 Å². The minimum absolute atomic E-state index is 0.175. The summed E-state index contributed by atoms with van der Waals surface area (Å²) in [6, 6.07) is 12.3. The van der Waals surface area contributed by atoms with Crippen LogP contribution in [0.4, 0.5) is 5.69 Å². The van der Waals surface area contributed by atoms with Gasteiger partial charge in [-0.1, -0.05) is 32.9 Å². The molecule has 0 saturated heterocycles. The molecule has 0 atom stereocenters. The highest BCUT2D eigenvalue weighted by Crippen LogP contribution is 2.23. The molecule has 0 radical (unpaired) electrons. The van der Waals surface area contributed by atoms with Gasteiger partial charge in [-0.2, -0.15) is 5.10 Å². The number of nitrogens with one attached hydrogen (secondary N) is 1. The van der Waals surface area contributed by atoms with Gasteiger partial charge in [0.25, 0.3) is 0 Å². The fourth-order valence-electron chi connectivity index (χ4n) is 1.85. The zero-order chi connectivity index (χ0) is 14.6. The van der Waals surface area contributed by atoms with Gasteiger partial charge in [0.1, 0.15) is 0 Å². The van der Waals surface area contributed by atoms with E-state index >= 15 is 0 Å². The Morgan fingerprint density at radius 2 is 1.60 bits per heavy atom. The number of benzene rings is 1. The molecule has 1 aromatic heterocycles. The van der Waals surface area contributed by atoms with Gasteiger partial charge in [0, 0.05) is 18.0 Å². The lowest BCUT2D eigenvalue weighted by atomic mass is 9.87. The number of pyridine rings is 1. The SMILES string of the molecule is C/C(=N/Nc1ccc(C(C)(C)C)cc1)c1ccncc1. The second kappa shape index (κ2) is 5.87. The monoisotopic (exact) mass is 267 g/mol. The molecule has 1 N–H and O–H groups in total. The van der Waals surface area contributed by atoms with E-state index in [4.69, 9.17) is 0 Å².